The van der Waals surface area contributed by atoms with E-state index in [-0.39, 0.29) is 17.9 Å². The van der Waals surface area contributed by atoms with Gasteiger partial charge in [-0.2, -0.15) is 0 Å². The molecule has 1 amide bonds. The lowest BCUT2D eigenvalue weighted by Gasteiger charge is -2.22. The summed E-state index contributed by atoms with van der Waals surface area (Å²) in [6.07, 6.45) is 0.866. The zero-order chi connectivity index (χ0) is 13.8. The van der Waals surface area contributed by atoms with Gasteiger partial charge in [-0.05, 0) is 24.5 Å². The first kappa shape index (κ1) is 14.0. The van der Waals surface area contributed by atoms with Crippen LogP contribution in [0.4, 0.5) is 0 Å². The molecule has 2 unspecified atom stereocenters. The Morgan fingerprint density at radius 3 is 2.53 bits per heavy atom. The lowest BCUT2D eigenvalue weighted by atomic mass is 10.0. The van der Waals surface area contributed by atoms with Crippen LogP contribution in [-0.2, 0) is 22.6 Å². The second kappa shape index (κ2) is 6.17. The highest BCUT2D eigenvalue weighted by Gasteiger charge is 2.32. The quantitative estimate of drug-likeness (QED) is 0.895. The number of benzene rings is 1. The zero-order valence-electron chi connectivity index (χ0n) is 11.6. The Balaban J connectivity index is 1.95. The van der Waals surface area contributed by atoms with Crippen LogP contribution in [0.1, 0.15) is 24.5 Å². The number of amides is 1. The van der Waals surface area contributed by atoms with Gasteiger partial charge in [0.1, 0.15) is 0 Å². The molecule has 4 heteroatoms. The normalized spacial score (nSPS) is 22.5. The van der Waals surface area contributed by atoms with Gasteiger partial charge in [0, 0.05) is 26.7 Å². The Morgan fingerprint density at radius 2 is 2.00 bits per heavy atom. The van der Waals surface area contributed by atoms with Crippen molar-refractivity contribution in [3.8, 4) is 0 Å². The van der Waals surface area contributed by atoms with Crippen LogP contribution >= 0.6 is 0 Å². The van der Waals surface area contributed by atoms with Gasteiger partial charge in [0.15, 0.2) is 0 Å². The first-order chi connectivity index (χ1) is 9.11. The van der Waals surface area contributed by atoms with Gasteiger partial charge in [-0.3, -0.25) is 4.79 Å². The van der Waals surface area contributed by atoms with E-state index in [9.17, 15) is 4.79 Å². The summed E-state index contributed by atoms with van der Waals surface area (Å²) in [5, 5.41) is 0. The fraction of sp³-hybridized carbons (Fsp3) is 0.533. The van der Waals surface area contributed by atoms with Crippen LogP contribution in [-0.4, -0.2) is 30.6 Å². The van der Waals surface area contributed by atoms with Crippen molar-refractivity contribution in [2.24, 2.45) is 11.7 Å². The highest BCUT2D eigenvalue weighted by atomic mass is 16.5. The van der Waals surface area contributed by atoms with E-state index < -0.39 is 0 Å². The third kappa shape index (κ3) is 3.33. The molecular formula is C15H22N2O2. The fourth-order valence-corrected chi connectivity index (χ4v) is 2.47. The lowest BCUT2D eigenvalue weighted by molar-refractivity contribution is -0.136. The SMILES string of the molecule is CC1OCCC1C(=O)N(C)Cc1ccc(CN)cc1. The summed E-state index contributed by atoms with van der Waals surface area (Å²) < 4.78 is 5.46. The molecule has 2 N–H and O–H groups in total. The number of rotatable bonds is 4. The molecule has 19 heavy (non-hydrogen) atoms. The predicted octanol–water partition coefficient (Wildman–Crippen LogP) is 1.53. The van der Waals surface area contributed by atoms with Crippen molar-refractivity contribution in [1.29, 1.82) is 0 Å². The van der Waals surface area contributed by atoms with E-state index in [0.29, 0.717) is 19.7 Å². The molecule has 0 aromatic heterocycles. The molecule has 4 nitrogen and oxygen atoms in total. The summed E-state index contributed by atoms with van der Waals surface area (Å²) in [6.45, 7) is 3.84. The van der Waals surface area contributed by atoms with E-state index >= 15 is 0 Å². The second-order valence-corrected chi connectivity index (χ2v) is 5.19. The van der Waals surface area contributed by atoms with Crippen molar-refractivity contribution < 1.29 is 9.53 Å². The molecule has 1 aromatic carbocycles. The van der Waals surface area contributed by atoms with Crippen LogP contribution < -0.4 is 5.73 Å². The molecule has 2 rings (SSSR count). The van der Waals surface area contributed by atoms with Gasteiger partial charge in [-0.1, -0.05) is 24.3 Å². The van der Waals surface area contributed by atoms with E-state index in [2.05, 4.69) is 0 Å². The van der Waals surface area contributed by atoms with Gasteiger partial charge in [0.2, 0.25) is 5.91 Å². The van der Waals surface area contributed by atoms with Crippen molar-refractivity contribution in [3.63, 3.8) is 0 Å². The number of carbonyl (C=O) groups excluding carboxylic acids is 1. The molecule has 1 saturated heterocycles. The average molecular weight is 262 g/mol. The molecular weight excluding hydrogens is 240 g/mol. The largest absolute Gasteiger partial charge is 0.378 e. The van der Waals surface area contributed by atoms with Gasteiger partial charge < -0.3 is 15.4 Å². The van der Waals surface area contributed by atoms with Crippen LogP contribution in [0, 0.1) is 5.92 Å². The molecule has 1 fully saturated rings. The molecule has 104 valence electrons. The molecule has 0 aliphatic carbocycles. The van der Waals surface area contributed by atoms with E-state index in [1.165, 1.54) is 0 Å². The Bertz CT molecular complexity index is 430. The van der Waals surface area contributed by atoms with Gasteiger partial charge in [0.25, 0.3) is 0 Å². The van der Waals surface area contributed by atoms with E-state index in [1.54, 1.807) is 4.90 Å². The minimum atomic E-state index is 0.00770. The first-order valence-electron chi connectivity index (χ1n) is 6.76. The Morgan fingerprint density at radius 1 is 1.37 bits per heavy atom. The number of ether oxygens (including phenoxy) is 1. The Hall–Kier alpha value is -1.39. The van der Waals surface area contributed by atoms with Gasteiger partial charge in [-0.15, -0.1) is 0 Å². The van der Waals surface area contributed by atoms with E-state index in [0.717, 1.165) is 17.5 Å². The Kier molecular flexibility index (Phi) is 4.56. The minimum absolute atomic E-state index is 0.00770. The molecule has 0 saturated carbocycles. The standard InChI is InChI=1S/C15H22N2O2/c1-11-14(7-8-19-11)15(18)17(2)10-13-5-3-12(9-16)4-6-13/h3-6,11,14H,7-10,16H2,1-2H3. The van der Waals surface area contributed by atoms with E-state index in [1.807, 2.05) is 38.2 Å². The van der Waals surface area contributed by atoms with Crippen LogP contribution in [0.15, 0.2) is 24.3 Å². The number of nitrogens with zero attached hydrogens (tertiary/aromatic N) is 1. The van der Waals surface area contributed by atoms with Gasteiger partial charge >= 0.3 is 0 Å². The monoisotopic (exact) mass is 262 g/mol. The summed E-state index contributed by atoms with van der Waals surface area (Å²) in [6, 6.07) is 8.07. The van der Waals surface area contributed by atoms with Crippen molar-refractivity contribution in [1.82, 2.24) is 4.90 Å². The average Bonchev–Trinajstić information content (AvgIpc) is 2.85. The van der Waals surface area contributed by atoms with Crippen molar-refractivity contribution >= 4 is 5.91 Å². The molecule has 0 spiro atoms. The molecule has 0 bridgehead atoms. The highest BCUT2D eigenvalue weighted by molar-refractivity contribution is 5.79. The third-order valence-corrected chi connectivity index (χ3v) is 3.75. The number of carbonyl (C=O) groups is 1. The van der Waals surface area contributed by atoms with Crippen molar-refractivity contribution in [2.75, 3.05) is 13.7 Å². The molecule has 2 atom stereocenters. The lowest BCUT2D eigenvalue weighted by Crippen LogP contribution is -2.35. The fourth-order valence-electron chi connectivity index (χ4n) is 2.47. The number of nitrogens with two attached hydrogens (primary N) is 1. The van der Waals surface area contributed by atoms with Crippen LogP contribution in [0.2, 0.25) is 0 Å². The molecule has 1 heterocycles. The van der Waals surface area contributed by atoms with Crippen molar-refractivity contribution in [2.45, 2.75) is 32.5 Å². The maximum Gasteiger partial charge on any atom is 0.228 e. The summed E-state index contributed by atoms with van der Waals surface area (Å²) in [4.78, 5) is 14.1. The topological polar surface area (TPSA) is 55.6 Å². The third-order valence-electron chi connectivity index (χ3n) is 3.75. The first-order valence-corrected chi connectivity index (χ1v) is 6.76. The Labute approximate surface area is 114 Å². The molecule has 0 radical (unpaired) electrons. The van der Waals surface area contributed by atoms with Crippen molar-refractivity contribution in [3.05, 3.63) is 35.4 Å². The maximum atomic E-state index is 12.3. The number of hydrogen-bond donors (Lipinski definition) is 1. The van der Waals surface area contributed by atoms with Crippen LogP contribution in [0.3, 0.4) is 0 Å². The molecule has 1 aliphatic rings. The zero-order valence-corrected chi connectivity index (χ0v) is 11.6. The smallest absolute Gasteiger partial charge is 0.228 e. The number of hydrogen-bond acceptors (Lipinski definition) is 3. The predicted molar refractivity (Wildman–Crippen MR) is 74.3 cm³/mol. The highest BCUT2D eigenvalue weighted by Crippen LogP contribution is 2.23. The summed E-state index contributed by atoms with van der Waals surface area (Å²) in [7, 11) is 1.85. The van der Waals surface area contributed by atoms with Crippen LogP contribution in [0.25, 0.3) is 0 Å². The molecule has 1 aromatic rings. The molecule has 1 aliphatic heterocycles. The summed E-state index contributed by atoms with van der Waals surface area (Å²) in [5.41, 5.74) is 7.80. The maximum absolute atomic E-state index is 12.3. The van der Waals surface area contributed by atoms with Gasteiger partial charge in [-0.25, -0.2) is 0 Å². The minimum Gasteiger partial charge on any atom is -0.378 e. The van der Waals surface area contributed by atoms with Crippen LogP contribution in [0.5, 0.6) is 0 Å². The summed E-state index contributed by atoms with van der Waals surface area (Å²) >= 11 is 0. The van der Waals surface area contributed by atoms with E-state index in [4.69, 9.17) is 10.5 Å². The summed E-state index contributed by atoms with van der Waals surface area (Å²) in [5.74, 6) is 0.182. The van der Waals surface area contributed by atoms with Gasteiger partial charge in [0.05, 0.1) is 12.0 Å². The second-order valence-electron chi connectivity index (χ2n) is 5.19.